The maximum atomic E-state index is 12.4. The Labute approximate surface area is 117 Å². The van der Waals surface area contributed by atoms with Gasteiger partial charge in [0.2, 0.25) is 0 Å². The van der Waals surface area contributed by atoms with Crippen molar-refractivity contribution in [3.63, 3.8) is 0 Å². The van der Waals surface area contributed by atoms with Crippen LogP contribution >= 0.6 is 0 Å². The number of hydrogen-bond donors (Lipinski definition) is 3. The lowest BCUT2D eigenvalue weighted by Gasteiger charge is -2.29. The Kier molecular flexibility index (Phi) is 4.29. The lowest BCUT2D eigenvalue weighted by atomic mass is 9.97. The average Bonchev–Trinajstić information content (AvgIpc) is 2.96. The van der Waals surface area contributed by atoms with Gasteiger partial charge in [0.25, 0.3) is 10.0 Å². The lowest BCUT2D eigenvalue weighted by Crippen LogP contribution is -2.41. The molecular weight excluding hydrogens is 282 g/mol. The molecule has 0 radical (unpaired) electrons. The van der Waals surface area contributed by atoms with E-state index in [0.717, 1.165) is 0 Å². The number of imidazole rings is 1. The summed E-state index contributed by atoms with van der Waals surface area (Å²) in [4.78, 5) is 6.84. The molecule has 0 unspecified atom stereocenters. The molecule has 1 fully saturated rings. The minimum atomic E-state index is -3.54. The van der Waals surface area contributed by atoms with Crippen LogP contribution in [0.15, 0.2) is 16.4 Å². The lowest BCUT2D eigenvalue weighted by molar-refractivity contribution is 0.290. The second kappa shape index (κ2) is 5.80. The normalized spacial score (nSPS) is 19.4. The number of oxime groups is 1. The maximum absolute atomic E-state index is 12.4. The summed E-state index contributed by atoms with van der Waals surface area (Å²) in [6.45, 7) is 2.60. The second-order valence-corrected chi connectivity index (χ2v) is 6.66. The van der Waals surface area contributed by atoms with Crippen LogP contribution in [0.2, 0.25) is 0 Å². The van der Waals surface area contributed by atoms with Crippen molar-refractivity contribution in [2.24, 2.45) is 16.8 Å². The van der Waals surface area contributed by atoms with Crippen LogP contribution in [0.25, 0.3) is 0 Å². The highest BCUT2D eigenvalue weighted by Crippen LogP contribution is 2.23. The van der Waals surface area contributed by atoms with Gasteiger partial charge in [-0.3, -0.25) is 0 Å². The largest absolute Gasteiger partial charge is 0.409 e. The molecule has 1 aliphatic heterocycles. The summed E-state index contributed by atoms with van der Waals surface area (Å²) >= 11 is 0. The Morgan fingerprint density at radius 2 is 2.25 bits per heavy atom. The van der Waals surface area contributed by atoms with Crippen LogP contribution in [0.4, 0.5) is 0 Å². The number of aromatic amines is 1. The Balaban J connectivity index is 2.09. The van der Waals surface area contributed by atoms with E-state index in [1.54, 1.807) is 0 Å². The van der Waals surface area contributed by atoms with Crippen LogP contribution in [-0.2, 0) is 16.4 Å². The van der Waals surface area contributed by atoms with Crippen LogP contribution in [0.3, 0.4) is 0 Å². The van der Waals surface area contributed by atoms with E-state index in [1.807, 2.05) is 6.92 Å². The number of nitrogens with two attached hydrogens (primary N) is 1. The average molecular weight is 301 g/mol. The number of aryl methyl sites for hydroxylation is 1. The molecule has 9 heteroatoms. The molecule has 0 aromatic carbocycles. The van der Waals surface area contributed by atoms with Crippen molar-refractivity contribution in [2.75, 3.05) is 13.1 Å². The quantitative estimate of drug-likeness (QED) is 0.315. The smallest absolute Gasteiger partial charge is 0.260 e. The van der Waals surface area contributed by atoms with Crippen molar-refractivity contribution in [2.45, 2.75) is 31.2 Å². The highest BCUT2D eigenvalue weighted by atomic mass is 32.2. The molecule has 1 saturated heterocycles. The minimum Gasteiger partial charge on any atom is -0.409 e. The van der Waals surface area contributed by atoms with Crippen molar-refractivity contribution >= 4 is 15.9 Å². The molecule has 4 N–H and O–H groups in total. The van der Waals surface area contributed by atoms with E-state index in [1.165, 1.54) is 10.5 Å². The number of H-pyrrole nitrogens is 1. The summed E-state index contributed by atoms with van der Waals surface area (Å²) < 4.78 is 26.2. The number of piperidine rings is 1. The van der Waals surface area contributed by atoms with E-state index >= 15 is 0 Å². The molecule has 0 aliphatic carbocycles. The molecule has 1 aromatic rings. The molecule has 0 amide bonds. The zero-order valence-electron chi connectivity index (χ0n) is 11.3. The SMILES string of the molecule is CCc1ncc(S(=O)(=O)N2CCC(C(N)=NO)CC2)[nH]1. The maximum Gasteiger partial charge on any atom is 0.260 e. The van der Waals surface area contributed by atoms with Gasteiger partial charge in [-0.05, 0) is 12.8 Å². The molecule has 0 spiro atoms. The van der Waals surface area contributed by atoms with Gasteiger partial charge in [-0.15, -0.1) is 0 Å². The van der Waals surface area contributed by atoms with Gasteiger partial charge in [-0.1, -0.05) is 12.1 Å². The number of hydrogen-bond acceptors (Lipinski definition) is 5. The summed E-state index contributed by atoms with van der Waals surface area (Å²) in [5, 5.41) is 11.7. The molecule has 0 bridgehead atoms. The van der Waals surface area contributed by atoms with Gasteiger partial charge < -0.3 is 15.9 Å². The van der Waals surface area contributed by atoms with E-state index < -0.39 is 10.0 Å². The number of amidine groups is 1. The van der Waals surface area contributed by atoms with E-state index in [4.69, 9.17) is 10.9 Å². The zero-order valence-corrected chi connectivity index (χ0v) is 12.1. The topological polar surface area (TPSA) is 125 Å². The fourth-order valence-electron chi connectivity index (χ4n) is 2.27. The third-order valence-corrected chi connectivity index (χ3v) is 5.35. The van der Waals surface area contributed by atoms with Crippen LogP contribution in [-0.4, -0.2) is 46.8 Å². The Hall–Kier alpha value is -1.61. The Bertz CT molecular complexity index is 587. The van der Waals surface area contributed by atoms with Crippen molar-refractivity contribution < 1.29 is 13.6 Å². The van der Waals surface area contributed by atoms with Gasteiger partial charge >= 0.3 is 0 Å². The molecule has 0 atom stereocenters. The first-order chi connectivity index (χ1) is 9.48. The van der Waals surface area contributed by atoms with Crippen LogP contribution < -0.4 is 5.73 Å². The monoisotopic (exact) mass is 301 g/mol. The first-order valence-corrected chi connectivity index (χ1v) is 7.94. The van der Waals surface area contributed by atoms with Crippen molar-refractivity contribution in [1.82, 2.24) is 14.3 Å². The number of nitrogens with one attached hydrogen (secondary N) is 1. The molecule has 1 aliphatic rings. The van der Waals surface area contributed by atoms with E-state index in [9.17, 15) is 8.42 Å². The molecule has 2 heterocycles. The van der Waals surface area contributed by atoms with E-state index in [-0.39, 0.29) is 16.8 Å². The molecule has 1 aromatic heterocycles. The summed E-state index contributed by atoms with van der Waals surface area (Å²) in [5.74, 6) is 0.742. The molecule has 8 nitrogen and oxygen atoms in total. The van der Waals surface area contributed by atoms with Gasteiger partial charge in [0.1, 0.15) is 11.7 Å². The number of aromatic nitrogens is 2. The van der Waals surface area contributed by atoms with Crippen LogP contribution in [0.5, 0.6) is 0 Å². The van der Waals surface area contributed by atoms with Crippen molar-refractivity contribution in [3.05, 3.63) is 12.0 Å². The summed E-state index contributed by atoms with van der Waals surface area (Å²) in [6, 6.07) is 0. The Morgan fingerprint density at radius 3 is 2.75 bits per heavy atom. The number of nitrogens with zero attached hydrogens (tertiary/aromatic N) is 3. The van der Waals surface area contributed by atoms with Gasteiger partial charge in [-0.25, -0.2) is 13.4 Å². The van der Waals surface area contributed by atoms with Gasteiger partial charge in [-0.2, -0.15) is 4.31 Å². The van der Waals surface area contributed by atoms with Crippen LogP contribution in [0.1, 0.15) is 25.6 Å². The van der Waals surface area contributed by atoms with E-state index in [0.29, 0.717) is 38.2 Å². The third kappa shape index (κ3) is 2.78. The van der Waals surface area contributed by atoms with Crippen LogP contribution in [0, 0.1) is 5.92 Å². The van der Waals surface area contributed by atoms with Gasteiger partial charge in [0, 0.05) is 25.4 Å². The predicted octanol–water partition coefficient (Wildman–Crippen LogP) is 0.119. The van der Waals surface area contributed by atoms with Crippen molar-refractivity contribution in [3.8, 4) is 0 Å². The Morgan fingerprint density at radius 1 is 1.60 bits per heavy atom. The highest BCUT2D eigenvalue weighted by molar-refractivity contribution is 7.89. The fraction of sp³-hybridized carbons (Fsp3) is 0.636. The first kappa shape index (κ1) is 14.8. The first-order valence-electron chi connectivity index (χ1n) is 6.50. The van der Waals surface area contributed by atoms with Gasteiger partial charge in [0.05, 0.1) is 6.20 Å². The van der Waals surface area contributed by atoms with Gasteiger partial charge in [0.15, 0.2) is 5.03 Å². The predicted molar refractivity (Wildman–Crippen MR) is 72.9 cm³/mol. The summed E-state index contributed by atoms with van der Waals surface area (Å²) in [6.07, 6.45) is 3.10. The molecule has 20 heavy (non-hydrogen) atoms. The standard InChI is InChI=1S/C11H19N5O3S/c1-2-9-13-7-10(14-9)20(18,19)16-5-3-8(4-6-16)11(12)15-17/h7-8,17H,2-6H2,1H3,(H2,12,15)(H,13,14). The number of sulfonamides is 1. The molecular formula is C11H19N5O3S. The van der Waals surface area contributed by atoms with Crippen molar-refractivity contribution in [1.29, 1.82) is 0 Å². The fourth-order valence-corrected chi connectivity index (χ4v) is 3.67. The highest BCUT2D eigenvalue weighted by Gasteiger charge is 2.31. The molecule has 0 saturated carbocycles. The number of rotatable bonds is 4. The molecule has 112 valence electrons. The molecule has 2 rings (SSSR count). The van der Waals surface area contributed by atoms with E-state index in [2.05, 4.69) is 15.1 Å². The zero-order chi connectivity index (χ0) is 14.8. The summed E-state index contributed by atoms with van der Waals surface area (Å²) in [5.41, 5.74) is 5.55. The minimum absolute atomic E-state index is 0.0700. The second-order valence-electron chi connectivity index (χ2n) is 4.75. The third-order valence-electron chi connectivity index (χ3n) is 3.55. The summed E-state index contributed by atoms with van der Waals surface area (Å²) in [7, 11) is -3.54.